The summed E-state index contributed by atoms with van der Waals surface area (Å²) in [7, 11) is 0. The van der Waals surface area contributed by atoms with Gasteiger partial charge in [0.25, 0.3) is 0 Å². The quantitative estimate of drug-likeness (QED) is 0.182. The zero-order chi connectivity index (χ0) is 32.3. The third kappa shape index (κ3) is 4.48. The average Bonchev–Trinajstić information content (AvgIpc) is 3.55. The summed E-state index contributed by atoms with van der Waals surface area (Å²) in [6.45, 7) is 0. The third-order valence-electron chi connectivity index (χ3n) is 9.33. The number of hydrogen-bond donors (Lipinski definition) is 0. The molecule has 0 radical (unpaired) electrons. The Morgan fingerprint density at radius 1 is 0.408 bits per heavy atom. The van der Waals surface area contributed by atoms with Gasteiger partial charge in [-0.2, -0.15) is 0 Å². The van der Waals surface area contributed by atoms with Crippen molar-refractivity contribution in [2.45, 2.75) is 0 Å². The molecular weight excluding hydrogens is 601 g/mol. The van der Waals surface area contributed by atoms with Gasteiger partial charge < -0.3 is 4.42 Å². The van der Waals surface area contributed by atoms with Gasteiger partial charge in [0.15, 0.2) is 17.5 Å². The number of hydrogen-bond acceptors (Lipinski definition) is 5. The minimum Gasteiger partial charge on any atom is -0.455 e. The molecular formula is C44H26N4O. The maximum atomic E-state index is 6.73. The molecule has 0 amide bonds. The summed E-state index contributed by atoms with van der Waals surface area (Å²) in [5.41, 5.74) is 5.97. The Hall–Kier alpha value is -6.72. The third-order valence-corrected chi connectivity index (χ3v) is 9.33. The highest BCUT2D eigenvalue weighted by Gasteiger charge is 2.23. The van der Waals surface area contributed by atoms with Crippen molar-refractivity contribution in [1.29, 1.82) is 0 Å². The van der Waals surface area contributed by atoms with Crippen LogP contribution in [0.5, 0.6) is 0 Å². The van der Waals surface area contributed by atoms with Crippen molar-refractivity contribution in [3.63, 3.8) is 0 Å². The molecule has 0 aliphatic rings. The first-order valence-electron chi connectivity index (χ1n) is 16.3. The Balaban J connectivity index is 1.31. The Bertz CT molecular complexity index is 2880. The van der Waals surface area contributed by atoms with Gasteiger partial charge in [0.05, 0.1) is 5.39 Å². The summed E-state index contributed by atoms with van der Waals surface area (Å²) in [5, 5.41) is 8.63. The van der Waals surface area contributed by atoms with Crippen LogP contribution in [0.15, 0.2) is 162 Å². The predicted molar refractivity (Wildman–Crippen MR) is 199 cm³/mol. The molecule has 0 unspecified atom stereocenters. The molecule has 228 valence electrons. The number of aromatic nitrogens is 4. The van der Waals surface area contributed by atoms with Crippen molar-refractivity contribution in [1.82, 2.24) is 19.9 Å². The van der Waals surface area contributed by atoms with Gasteiger partial charge in [-0.25, -0.2) is 15.0 Å². The molecule has 0 fully saturated rings. The van der Waals surface area contributed by atoms with E-state index in [1.165, 1.54) is 5.39 Å². The fourth-order valence-electron chi connectivity index (χ4n) is 7.01. The van der Waals surface area contributed by atoms with Gasteiger partial charge in [-0.3, -0.25) is 4.98 Å². The van der Waals surface area contributed by atoms with Crippen LogP contribution in [0.4, 0.5) is 0 Å². The molecule has 0 aliphatic carbocycles. The van der Waals surface area contributed by atoms with Crippen LogP contribution in [0.1, 0.15) is 0 Å². The smallest absolute Gasteiger partial charge is 0.183 e. The Morgan fingerprint density at radius 3 is 1.78 bits per heavy atom. The fourth-order valence-corrected chi connectivity index (χ4v) is 7.01. The van der Waals surface area contributed by atoms with Gasteiger partial charge in [-0.05, 0) is 56.1 Å². The van der Waals surface area contributed by atoms with E-state index in [4.69, 9.17) is 24.4 Å². The Morgan fingerprint density at radius 2 is 1.00 bits per heavy atom. The van der Waals surface area contributed by atoms with E-state index >= 15 is 0 Å². The number of pyridine rings is 1. The zero-order valence-corrected chi connectivity index (χ0v) is 26.2. The van der Waals surface area contributed by atoms with Gasteiger partial charge in [-0.1, -0.05) is 133 Å². The highest BCUT2D eigenvalue weighted by Crippen LogP contribution is 2.42. The molecule has 0 saturated heterocycles. The maximum Gasteiger partial charge on any atom is 0.183 e. The molecule has 10 rings (SSSR count). The lowest BCUT2D eigenvalue weighted by Gasteiger charge is -2.13. The highest BCUT2D eigenvalue weighted by molar-refractivity contribution is 6.17. The molecule has 0 N–H and O–H groups in total. The van der Waals surface area contributed by atoms with E-state index in [0.717, 1.165) is 71.1 Å². The lowest BCUT2D eigenvalue weighted by Crippen LogP contribution is -2.02. The van der Waals surface area contributed by atoms with Crippen molar-refractivity contribution in [3.8, 4) is 45.4 Å². The molecule has 5 nitrogen and oxygen atoms in total. The molecule has 3 aromatic heterocycles. The van der Waals surface area contributed by atoms with Crippen LogP contribution in [0, 0.1) is 0 Å². The number of fused-ring (bicyclic) bond motifs is 7. The molecule has 49 heavy (non-hydrogen) atoms. The van der Waals surface area contributed by atoms with Crippen LogP contribution in [-0.2, 0) is 0 Å². The zero-order valence-electron chi connectivity index (χ0n) is 26.2. The molecule has 10 aromatic rings. The van der Waals surface area contributed by atoms with E-state index in [9.17, 15) is 0 Å². The number of furan rings is 1. The van der Waals surface area contributed by atoms with Crippen LogP contribution in [0.2, 0.25) is 0 Å². The standard InChI is InChI=1S/C44H26N4O/c1-3-13-27(14-4-1)37-26-45-40(39-36-23-29-17-7-8-18-30(29)25-38(36)49-41(37)39)44-47-42(28-15-5-2-6-16-28)46-43(48-44)35-24-31-19-9-10-20-32(31)33-21-11-12-22-34(33)35/h1-26H. The van der Waals surface area contributed by atoms with E-state index in [1.807, 2.05) is 60.8 Å². The summed E-state index contributed by atoms with van der Waals surface area (Å²) in [6, 6.07) is 52.0. The summed E-state index contributed by atoms with van der Waals surface area (Å²) in [5.74, 6) is 1.66. The van der Waals surface area contributed by atoms with Gasteiger partial charge in [0.2, 0.25) is 0 Å². The van der Waals surface area contributed by atoms with Gasteiger partial charge in [0.1, 0.15) is 16.9 Å². The van der Waals surface area contributed by atoms with Crippen LogP contribution < -0.4 is 0 Å². The Kier molecular flexibility index (Phi) is 6.11. The fraction of sp³-hybridized carbons (Fsp3) is 0. The molecule has 0 atom stereocenters. The summed E-state index contributed by atoms with van der Waals surface area (Å²) in [4.78, 5) is 20.6. The van der Waals surface area contributed by atoms with Crippen molar-refractivity contribution < 1.29 is 4.42 Å². The monoisotopic (exact) mass is 626 g/mol. The summed E-state index contributed by atoms with van der Waals surface area (Å²) < 4.78 is 6.73. The average molecular weight is 627 g/mol. The van der Waals surface area contributed by atoms with Gasteiger partial charge in [0, 0.05) is 28.3 Å². The first-order valence-corrected chi connectivity index (χ1v) is 16.3. The van der Waals surface area contributed by atoms with E-state index in [2.05, 4.69) is 97.1 Å². The second-order valence-electron chi connectivity index (χ2n) is 12.3. The second kappa shape index (κ2) is 10.9. The van der Waals surface area contributed by atoms with Crippen LogP contribution in [0.25, 0.3) is 99.7 Å². The number of nitrogens with zero attached hydrogens (tertiary/aromatic N) is 4. The minimum atomic E-state index is 0.488. The summed E-state index contributed by atoms with van der Waals surface area (Å²) >= 11 is 0. The first kappa shape index (κ1) is 27.4. The lowest BCUT2D eigenvalue weighted by molar-refractivity contribution is 0.670. The molecule has 0 saturated carbocycles. The van der Waals surface area contributed by atoms with Gasteiger partial charge >= 0.3 is 0 Å². The van der Waals surface area contributed by atoms with E-state index < -0.39 is 0 Å². The van der Waals surface area contributed by atoms with Crippen molar-refractivity contribution in [2.75, 3.05) is 0 Å². The van der Waals surface area contributed by atoms with Crippen molar-refractivity contribution in [2.24, 2.45) is 0 Å². The number of rotatable bonds is 4. The predicted octanol–water partition coefficient (Wildman–Crippen LogP) is 11.3. The second-order valence-corrected chi connectivity index (χ2v) is 12.3. The van der Waals surface area contributed by atoms with E-state index in [-0.39, 0.29) is 0 Å². The molecule has 3 heterocycles. The van der Waals surface area contributed by atoms with Crippen LogP contribution >= 0.6 is 0 Å². The largest absolute Gasteiger partial charge is 0.455 e. The molecule has 7 aromatic carbocycles. The minimum absolute atomic E-state index is 0.488. The Labute approximate surface area is 281 Å². The van der Waals surface area contributed by atoms with E-state index in [1.54, 1.807) is 0 Å². The van der Waals surface area contributed by atoms with Crippen LogP contribution in [-0.4, -0.2) is 19.9 Å². The topological polar surface area (TPSA) is 64.7 Å². The lowest BCUT2D eigenvalue weighted by atomic mass is 9.97. The van der Waals surface area contributed by atoms with Crippen LogP contribution in [0.3, 0.4) is 0 Å². The molecule has 5 heteroatoms. The SMILES string of the molecule is c1ccc(-c2nc(-c3cc4ccccc4c4ccccc34)nc(-c3ncc(-c4ccccc4)c4oc5cc6ccccc6cc5c34)n2)cc1. The van der Waals surface area contributed by atoms with Gasteiger partial charge in [-0.15, -0.1) is 0 Å². The maximum absolute atomic E-state index is 6.73. The number of benzene rings is 7. The normalized spacial score (nSPS) is 11.7. The first-order chi connectivity index (χ1) is 24.3. The molecule has 0 bridgehead atoms. The van der Waals surface area contributed by atoms with E-state index in [0.29, 0.717) is 23.2 Å². The molecule has 0 spiro atoms. The highest BCUT2D eigenvalue weighted by atomic mass is 16.3. The molecule has 0 aliphatic heterocycles. The van der Waals surface area contributed by atoms with Crippen molar-refractivity contribution >= 4 is 54.3 Å². The summed E-state index contributed by atoms with van der Waals surface area (Å²) in [6.07, 6.45) is 1.88. The van der Waals surface area contributed by atoms with Crippen molar-refractivity contribution in [3.05, 3.63) is 158 Å².